The second-order valence-electron chi connectivity index (χ2n) is 7.66. The lowest BCUT2D eigenvalue weighted by Crippen LogP contribution is -2.51. The Kier molecular flexibility index (Phi) is 4.14. The molecule has 2 atom stereocenters. The van der Waals surface area contributed by atoms with Gasteiger partial charge in [0.2, 0.25) is 5.91 Å². The molecule has 23 heavy (non-hydrogen) atoms. The van der Waals surface area contributed by atoms with Crippen molar-refractivity contribution in [3.05, 3.63) is 35.4 Å². The van der Waals surface area contributed by atoms with Gasteiger partial charge < -0.3 is 4.90 Å². The zero-order valence-electron chi connectivity index (χ0n) is 14.2. The average Bonchev–Trinajstić information content (AvgIpc) is 3.19. The molecule has 3 nitrogen and oxygen atoms in total. The maximum absolute atomic E-state index is 12.7. The summed E-state index contributed by atoms with van der Waals surface area (Å²) < 4.78 is 0. The van der Waals surface area contributed by atoms with Gasteiger partial charge in [0, 0.05) is 38.1 Å². The number of hydrogen-bond donors (Lipinski definition) is 0. The molecular weight excluding hydrogens is 284 g/mol. The fourth-order valence-corrected chi connectivity index (χ4v) is 4.46. The van der Waals surface area contributed by atoms with Crippen LogP contribution in [0.25, 0.3) is 0 Å². The summed E-state index contributed by atoms with van der Waals surface area (Å²) >= 11 is 0. The molecule has 1 aromatic carbocycles. The second-order valence-corrected chi connectivity index (χ2v) is 7.66. The van der Waals surface area contributed by atoms with E-state index in [-0.39, 0.29) is 5.92 Å². The van der Waals surface area contributed by atoms with Crippen LogP contribution in [0.3, 0.4) is 0 Å². The fourth-order valence-electron chi connectivity index (χ4n) is 4.46. The Hall–Kier alpha value is -1.35. The molecule has 3 heteroatoms. The number of hydrogen-bond acceptors (Lipinski definition) is 2. The summed E-state index contributed by atoms with van der Waals surface area (Å²) in [5.74, 6) is 1.12. The van der Waals surface area contributed by atoms with Gasteiger partial charge in [-0.05, 0) is 37.7 Å². The van der Waals surface area contributed by atoms with E-state index in [0.29, 0.717) is 11.8 Å². The highest BCUT2D eigenvalue weighted by atomic mass is 16.2. The monoisotopic (exact) mass is 312 g/mol. The zero-order valence-corrected chi connectivity index (χ0v) is 14.2. The van der Waals surface area contributed by atoms with Gasteiger partial charge in [0.05, 0.1) is 0 Å². The van der Waals surface area contributed by atoms with Crippen molar-refractivity contribution in [2.24, 2.45) is 5.92 Å². The summed E-state index contributed by atoms with van der Waals surface area (Å²) in [6.07, 6.45) is 6.57. The van der Waals surface area contributed by atoms with E-state index in [1.807, 2.05) is 0 Å². The first-order chi connectivity index (χ1) is 11.2. The summed E-state index contributed by atoms with van der Waals surface area (Å²) in [6, 6.07) is 9.52. The molecule has 1 heterocycles. The SMILES string of the molecule is Cc1ccc(C2CC2C(=O)N2CCN(C3CCCC3)CC2)cc1. The van der Waals surface area contributed by atoms with Crippen molar-refractivity contribution in [3.8, 4) is 0 Å². The number of carbonyl (C=O) groups excluding carboxylic acids is 1. The van der Waals surface area contributed by atoms with Gasteiger partial charge in [-0.1, -0.05) is 42.7 Å². The molecule has 1 amide bonds. The minimum atomic E-state index is 0.246. The standard InChI is InChI=1S/C20H28N2O/c1-15-6-8-16(9-7-15)18-14-19(18)20(23)22-12-10-21(11-13-22)17-4-2-3-5-17/h6-9,17-19H,2-5,10-14H2,1H3. The smallest absolute Gasteiger partial charge is 0.226 e. The summed E-state index contributed by atoms with van der Waals surface area (Å²) in [4.78, 5) is 17.5. The predicted molar refractivity (Wildman–Crippen MR) is 92.4 cm³/mol. The Morgan fingerprint density at radius 2 is 1.65 bits per heavy atom. The molecule has 1 aliphatic heterocycles. The van der Waals surface area contributed by atoms with E-state index in [1.54, 1.807) is 0 Å². The lowest BCUT2D eigenvalue weighted by atomic mass is 10.1. The molecule has 4 rings (SSSR count). The molecular formula is C20H28N2O. The first-order valence-electron chi connectivity index (χ1n) is 9.32. The lowest BCUT2D eigenvalue weighted by molar-refractivity contribution is -0.134. The Labute approximate surface area is 139 Å². The molecule has 0 spiro atoms. The summed E-state index contributed by atoms with van der Waals surface area (Å²) in [5, 5.41) is 0. The number of nitrogens with zero attached hydrogens (tertiary/aromatic N) is 2. The van der Waals surface area contributed by atoms with E-state index in [4.69, 9.17) is 0 Å². The highest BCUT2D eigenvalue weighted by Gasteiger charge is 2.46. The zero-order chi connectivity index (χ0) is 15.8. The van der Waals surface area contributed by atoms with Gasteiger partial charge in [-0.25, -0.2) is 0 Å². The molecule has 3 aliphatic rings. The Morgan fingerprint density at radius 3 is 2.30 bits per heavy atom. The maximum Gasteiger partial charge on any atom is 0.226 e. The van der Waals surface area contributed by atoms with Crippen LogP contribution in [-0.2, 0) is 4.79 Å². The van der Waals surface area contributed by atoms with Crippen molar-refractivity contribution < 1.29 is 4.79 Å². The summed E-state index contributed by atoms with van der Waals surface area (Å²) in [7, 11) is 0. The van der Waals surface area contributed by atoms with Crippen LogP contribution in [0.2, 0.25) is 0 Å². The second kappa shape index (κ2) is 6.27. The van der Waals surface area contributed by atoms with Crippen molar-refractivity contribution in [1.82, 2.24) is 9.80 Å². The number of amides is 1. The third kappa shape index (κ3) is 3.16. The molecule has 1 aromatic rings. The van der Waals surface area contributed by atoms with Crippen LogP contribution in [0, 0.1) is 12.8 Å². The molecule has 0 aromatic heterocycles. The first-order valence-corrected chi connectivity index (χ1v) is 9.32. The van der Waals surface area contributed by atoms with Gasteiger partial charge in [-0.3, -0.25) is 9.69 Å². The van der Waals surface area contributed by atoms with E-state index >= 15 is 0 Å². The van der Waals surface area contributed by atoms with Crippen LogP contribution >= 0.6 is 0 Å². The highest BCUT2D eigenvalue weighted by molar-refractivity contribution is 5.83. The molecule has 1 saturated heterocycles. The van der Waals surface area contributed by atoms with Gasteiger partial charge in [0.25, 0.3) is 0 Å². The normalized spacial score (nSPS) is 29.0. The molecule has 2 aliphatic carbocycles. The minimum absolute atomic E-state index is 0.246. The molecule has 0 bridgehead atoms. The first kappa shape index (κ1) is 15.2. The fraction of sp³-hybridized carbons (Fsp3) is 0.650. The maximum atomic E-state index is 12.7. The third-order valence-corrected chi connectivity index (χ3v) is 6.08. The number of benzene rings is 1. The number of aryl methyl sites for hydroxylation is 1. The molecule has 3 fully saturated rings. The third-order valence-electron chi connectivity index (χ3n) is 6.08. The van der Waals surface area contributed by atoms with Crippen molar-refractivity contribution in [3.63, 3.8) is 0 Å². The summed E-state index contributed by atoms with van der Waals surface area (Å²) in [5.41, 5.74) is 2.64. The van der Waals surface area contributed by atoms with E-state index in [2.05, 4.69) is 41.0 Å². The van der Waals surface area contributed by atoms with Crippen LogP contribution < -0.4 is 0 Å². The largest absolute Gasteiger partial charge is 0.340 e. The van der Waals surface area contributed by atoms with Crippen LogP contribution in [0.1, 0.15) is 49.1 Å². The Morgan fingerprint density at radius 1 is 1.00 bits per heavy atom. The van der Waals surface area contributed by atoms with Gasteiger partial charge >= 0.3 is 0 Å². The van der Waals surface area contributed by atoms with Crippen molar-refractivity contribution in [2.45, 2.75) is 51.0 Å². The van der Waals surface area contributed by atoms with Crippen molar-refractivity contribution in [1.29, 1.82) is 0 Å². The number of piperazine rings is 1. The highest BCUT2D eigenvalue weighted by Crippen LogP contribution is 2.48. The van der Waals surface area contributed by atoms with Crippen LogP contribution in [-0.4, -0.2) is 47.9 Å². The van der Waals surface area contributed by atoms with Gasteiger partial charge in [0.15, 0.2) is 0 Å². The lowest BCUT2D eigenvalue weighted by Gasteiger charge is -2.38. The van der Waals surface area contributed by atoms with Crippen molar-refractivity contribution in [2.75, 3.05) is 26.2 Å². The van der Waals surface area contributed by atoms with E-state index in [0.717, 1.165) is 38.6 Å². The number of carbonyl (C=O) groups is 1. The average molecular weight is 312 g/mol. The van der Waals surface area contributed by atoms with Gasteiger partial charge in [-0.2, -0.15) is 0 Å². The van der Waals surface area contributed by atoms with E-state index in [9.17, 15) is 4.79 Å². The molecule has 0 radical (unpaired) electrons. The Bertz CT molecular complexity index is 554. The molecule has 124 valence electrons. The minimum Gasteiger partial charge on any atom is -0.340 e. The molecule has 0 N–H and O–H groups in total. The van der Waals surface area contributed by atoms with Crippen LogP contribution in [0.5, 0.6) is 0 Å². The quantitative estimate of drug-likeness (QED) is 0.856. The number of rotatable bonds is 3. The van der Waals surface area contributed by atoms with Crippen molar-refractivity contribution >= 4 is 5.91 Å². The Balaban J connectivity index is 1.30. The summed E-state index contributed by atoms with van der Waals surface area (Å²) in [6.45, 7) is 6.15. The van der Waals surface area contributed by atoms with E-state index in [1.165, 1.54) is 36.8 Å². The van der Waals surface area contributed by atoms with Gasteiger partial charge in [0.1, 0.15) is 0 Å². The topological polar surface area (TPSA) is 23.6 Å². The molecule has 2 saturated carbocycles. The van der Waals surface area contributed by atoms with Gasteiger partial charge in [-0.15, -0.1) is 0 Å². The van der Waals surface area contributed by atoms with Crippen LogP contribution in [0.4, 0.5) is 0 Å². The predicted octanol–water partition coefficient (Wildman–Crippen LogP) is 3.19. The van der Waals surface area contributed by atoms with E-state index < -0.39 is 0 Å². The van der Waals surface area contributed by atoms with Crippen LogP contribution in [0.15, 0.2) is 24.3 Å². The molecule has 2 unspecified atom stereocenters.